The molecule has 0 aliphatic carbocycles. The zero-order chi connectivity index (χ0) is 11.0. The highest BCUT2D eigenvalue weighted by atomic mass is 16.1. The summed E-state index contributed by atoms with van der Waals surface area (Å²) < 4.78 is 0. The van der Waals surface area contributed by atoms with Crippen LogP contribution in [0.15, 0.2) is 0 Å². The normalized spacial score (nSPS) is 9.00. The number of Topliss-reactive ketones (excluding diaryl/α,β-unsaturated/α-hetero) is 1. The first kappa shape index (κ1) is 12.8. The second-order valence-electron chi connectivity index (χ2n) is 3.61. The van der Waals surface area contributed by atoms with Gasteiger partial charge in [0.1, 0.15) is 0 Å². The molecule has 0 aliphatic rings. The highest BCUT2D eigenvalue weighted by molar-refractivity contribution is 5.97. The number of carbonyl (C=O) groups is 1. The van der Waals surface area contributed by atoms with Gasteiger partial charge in [-0.1, -0.05) is 19.8 Å². The number of hydrogen-bond acceptors (Lipinski definition) is 2. The topological polar surface area (TPSA) is 29.1 Å². The van der Waals surface area contributed by atoms with Crippen LogP contribution in [0.3, 0.4) is 0 Å². The van der Waals surface area contributed by atoms with Crippen LogP contribution < -0.4 is 5.32 Å². The molecule has 0 aromatic rings. The fourth-order valence-electron chi connectivity index (χ4n) is 0.581. The average molecular weight is 191 g/mol. The number of rotatable bonds is 3. The molecule has 0 heterocycles. The van der Waals surface area contributed by atoms with Gasteiger partial charge in [-0.25, -0.2) is 0 Å². The van der Waals surface area contributed by atoms with E-state index in [-0.39, 0.29) is 11.7 Å². The number of ketones is 1. The first-order chi connectivity index (χ1) is 6.54. The molecule has 0 aromatic heterocycles. The minimum Gasteiger partial charge on any atom is -0.304 e. The molecule has 14 heavy (non-hydrogen) atoms. The van der Waals surface area contributed by atoms with Crippen LogP contribution in [0.5, 0.6) is 0 Å². The number of nitrogens with one attached hydrogen (secondary N) is 1. The van der Waals surface area contributed by atoms with Gasteiger partial charge in [0, 0.05) is 12.0 Å². The molecular weight excluding hydrogens is 174 g/mol. The third-order valence-corrected chi connectivity index (χ3v) is 1.46. The molecule has 0 atom stereocenters. The third kappa shape index (κ3) is 7.40. The monoisotopic (exact) mass is 191 g/mol. The highest BCUT2D eigenvalue weighted by Gasteiger charge is 2.00. The molecule has 0 bridgehead atoms. The first-order valence-electron chi connectivity index (χ1n) is 4.80. The molecule has 0 aromatic carbocycles. The molecule has 0 rings (SSSR count). The van der Waals surface area contributed by atoms with Gasteiger partial charge in [0.25, 0.3) is 0 Å². The summed E-state index contributed by atoms with van der Waals surface area (Å²) in [5.74, 6) is 10.4. The average Bonchev–Trinajstić information content (AvgIpc) is 2.09. The van der Waals surface area contributed by atoms with Gasteiger partial charge in [0.15, 0.2) is 0 Å². The first-order valence-corrected chi connectivity index (χ1v) is 4.80. The molecule has 0 fully saturated rings. The summed E-state index contributed by atoms with van der Waals surface area (Å²) in [5, 5.41) is 3.13. The van der Waals surface area contributed by atoms with Gasteiger partial charge in [-0.3, -0.25) is 4.79 Å². The fraction of sp³-hybridized carbons (Fsp3) is 0.583. The maximum atomic E-state index is 11.0. The van der Waals surface area contributed by atoms with Gasteiger partial charge in [-0.05, 0) is 31.6 Å². The van der Waals surface area contributed by atoms with Crippen molar-refractivity contribution in [2.45, 2.75) is 33.7 Å². The molecule has 0 aliphatic heterocycles. The van der Waals surface area contributed by atoms with Gasteiger partial charge in [-0.15, -0.1) is 0 Å². The SMILES string of the molecule is CC(C)NCC#CC#CC(=O)C(C)C. The van der Waals surface area contributed by atoms with E-state index in [9.17, 15) is 4.79 Å². The van der Waals surface area contributed by atoms with Crippen molar-refractivity contribution in [3.63, 3.8) is 0 Å². The van der Waals surface area contributed by atoms with Crippen molar-refractivity contribution < 1.29 is 4.79 Å². The molecule has 0 radical (unpaired) electrons. The minimum atomic E-state index is -0.0591. The van der Waals surface area contributed by atoms with E-state index in [1.165, 1.54) is 0 Å². The van der Waals surface area contributed by atoms with E-state index in [0.717, 1.165) is 0 Å². The summed E-state index contributed by atoms with van der Waals surface area (Å²) in [5.41, 5.74) is 0. The van der Waals surface area contributed by atoms with E-state index in [1.807, 2.05) is 13.8 Å². The molecule has 0 unspecified atom stereocenters. The summed E-state index contributed by atoms with van der Waals surface area (Å²) >= 11 is 0. The van der Waals surface area contributed by atoms with Crippen LogP contribution in [0.2, 0.25) is 0 Å². The van der Waals surface area contributed by atoms with Crippen molar-refractivity contribution in [1.82, 2.24) is 5.32 Å². The predicted molar refractivity (Wildman–Crippen MR) is 58.5 cm³/mol. The van der Waals surface area contributed by atoms with Crippen LogP contribution >= 0.6 is 0 Å². The van der Waals surface area contributed by atoms with E-state index in [2.05, 4.69) is 42.8 Å². The summed E-state index contributed by atoms with van der Waals surface area (Å²) in [6.45, 7) is 8.36. The Hall–Kier alpha value is -1.25. The van der Waals surface area contributed by atoms with E-state index < -0.39 is 0 Å². The van der Waals surface area contributed by atoms with Crippen molar-refractivity contribution >= 4 is 5.78 Å². The summed E-state index contributed by atoms with van der Waals surface area (Å²) in [4.78, 5) is 11.0. The quantitative estimate of drug-likeness (QED) is 0.537. The van der Waals surface area contributed by atoms with Gasteiger partial charge in [0.05, 0.1) is 6.54 Å². The van der Waals surface area contributed by atoms with Crippen molar-refractivity contribution in [3.05, 3.63) is 0 Å². The molecule has 0 saturated carbocycles. The van der Waals surface area contributed by atoms with Crippen LogP contribution in [-0.4, -0.2) is 18.4 Å². The van der Waals surface area contributed by atoms with Crippen molar-refractivity contribution in [3.8, 4) is 23.7 Å². The molecule has 0 spiro atoms. The van der Waals surface area contributed by atoms with Gasteiger partial charge in [0.2, 0.25) is 5.78 Å². The predicted octanol–water partition coefficient (Wildman–Crippen LogP) is 1.22. The lowest BCUT2D eigenvalue weighted by atomic mass is 10.1. The van der Waals surface area contributed by atoms with Crippen molar-refractivity contribution in [1.29, 1.82) is 0 Å². The second-order valence-corrected chi connectivity index (χ2v) is 3.61. The summed E-state index contributed by atoms with van der Waals surface area (Å²) in [7, 11) is 0. The summed E-state index contributed by atoms with van der Waals surface area (Å²) in [6, 6.07) is 0.426. The second kappa shape index (κ2) is 7.18. The lowest BCUT2D eigenvalue weighted by Gasteiger charge is -2.00. The smallest absolute Gasteiger partial charge is 0.208 e. The Bertz CT molecular complexity index is 294. The third-order valence-electron chi connectivity index (χ3n) is 1.46. The van der Waals surface area contributed by atoms with Crippen LogP contribution in [0.4, 0.5) is 0 Å². The van der Waals surface area contributed by atoms with Gasteiger partial charge >= 0.3 is 0 Å². The molecule has 2 nitrogen and oxygen atoms in total. The van der Waals surface area contributed by atoms with Crippen LogP contribution in [0.25, 0.3) is 0 Å². The molecule has 0 amide bonds. The Labute approximate surface area is 86.5 Å². The number of hydrogen-bond donors (Lipinski definition) is 1. The lowest BCUT2D eigenvalue weighted by molar-refractivity contribution is -0.116. The van der Waals surface area contributed by atoms with Crippen LogP contribution in [0, 0.1) is 29.6 Å². The summed E-state index contributed by atoms with van der Waals surface area (Å²) in [6.07, 6.45) is 0. The van der Waals surface area contributed by atoms with Crippen molar-refractivity contribution in [2.75, 3.05) is 6.54 Å². The molecule has 0 saturated heterocycles. The Morgan fingerprint density at radius 2 is 1.86 bits per heavy atom. The van der Waals surface area contributed by atoms with Gasteiger partial charge < -0.3 is 5.32 Å². The van der Waals surface area contributed by atoms with Crippen molar-refractivity contribution in [2.24, 2.45) is 5.92 Å². The Balaban J connectivity index is 3.85. The maximum Gasteiger partial charge on any atom is 0.208 e. The van der Waals surface area contributed by atoms with Gasteiger partial charge in [-0.2, -0.15) is 0 Å². The van der Waals surface area contributed by atoms with Crippen LogP contribution in [-0.2, 0) is 4.79 Å². The number of carbonyl (C=O) groups excluding carboxylic acids is 1. The van der Waals surface area contributed by atoms with E-state index in [0.29, 0.717) is 12.6 Å². The van der Waals surface area contributed by atoms with E-state index in [1.54, 1.807) is 0 Å². The molecule has 76 valence electrons. The zero-order valence-electron chi connectivity index (χ0n) is 9.27. The Morgan fingerprint density at radius 3 is 2.36 bits per heavy atom. The zero-order valence-corrected chi connectivity index (χ0v) is 9.27. The maximum absolute atomic E-state index is 11.0. The Morgan fingerprint density at radius 1 is 1.21 bits per heavy atom. The Kier molecular flexibility index (Phi) is 6.54. The lowest BCUT2D eigenvalue weighted by Crippen LogP contribution is -2.22. The largest absolute Gasteiger partial charge is 0.304 e. The molecule has 1 N–H and O–H groups in total. The molecular formula is C12H17NO. The minimum absolute atomic E-state index is 0.0295. The van der Waals surface area contributed by atoms with E-state index in [4.69, 9.17) is 0 Å². The van der Waals surface area contributed by atoms with E-state index >= 15 is 0 Å². The van der Waals surface area contributed by atoms with Crippen LogP contribution in [0.1, 0.15) is 27.7 Å². The standard InChI is InChI=1S/C12H17NO/c1-10(2)12(14)8-6-5-7-9-13-11(3)4/h10-11,13H,9H2,1-4H3. The highest BCUT2D eigenvalue weighted by Crippen LogP contribution is 1.90. The molecule has 2 heteroatoms. The fourth-order valence-corrected chi connectivity index (χ4v) is 0.581.